The zero-order valence-electron chi connectivity index (χ0n) is 15.2. The van der Waals surface area contributed by atoms with Gasteiger partial charge < -0.3 is 10.1 Å². The van der Waals surface area contributed by atoms with Gasteiger partial charge in [0.1, 0.15) is 0 Å². The molecule has 8 heteroatoms. The topological polar surface area (TPSA) is 80.2 Å². The van der Waals surface area contributed by atoms with Crippen molar-refractivity contribution >= 4 is 22.4 Å². The number of carbonyl (C=O) groups is 1. The number of thiazole rings is 1. The van der Waals surface area contributed by atoms with Crippen LogP contribution in [0.4, 0.5) is 5.13 Å². The van der Waals surface area contributed by atoms with Crippen LogP contribution in [0.1, 0.15) is 37.0 Å². The van der Waals surface area contributed by atoms with Gasteiger partial charge in [0.05, 0.1) is 24.7 Å². The van der Waals surface area contributed by atoms with Crippen molar-refractivity contribution in [2.45, 2.75) is 40.2 Å². The van der Waals surface area contributed by atoms with Gasteiger partial charge in [0, 0.05) is 50.5 Å². The van der Waals surface area contributed by atoms with E-state index in [-0.39, 0.29) is 5.91 Å². The van der Waals surface area contributed by atoms with E-state index < -0.39 is 0 Å². The number of nitrogens with zero attached hydrogens (tertiary/aromatic N) is 4. The fourth-order valence-corrected chi connectivity index (χ4v) is 3.45. The predicted octanol–water partition coefficient (Wildman–Crippen LogP) is 2.53. The maximum absolute atomic E-state index is 11.1. The highest BCUT2D eigenvalue weighted by Crippen LogP contribution is 2.21. The van der Waals surface area contributed by atoms with Crippen LogP contribution in [-0.4, -0.2) is 46.0 Å². The molecule has 1 N–H and O–H groups in total. The van der Waals surface area contributed by atoms with E-state index in [1.54, 1.807) is 13.3 Å². The molecule has 1 amide bonds. The Hall–Kier alpha value is -2.06. The summed E-state index contributed by atoms with van der Waals surface area (Å²) >= 11 is 1.52. The number of methoxy groups -OCH3 is 1. The highest BCUT2D eigenvalue weighted by molar-refractivity contribution is 7.15. The van der Waals surface area contributed by atoms with Gasteiger partial charge in [0.25, 0.3) is 0 Å². The molecule has 25 heavy (non-hydrogen) atoms. The predicted molar refractivity (Wildman–Crippen MR) is 99.0 cm³/mol. The Kier molecular flexibility index (Phi) is 7.27. The zero-order valence-corrected chi connectivity index (χ0v) is 16.0. The van der Waals surface area contributed by atoms with E-state index in [0.29, 0.717) is 11.0 Å². The molecular formula is C17H25N5O2S. The summed E-state index contributed by atoms with van der Waals surface area (Å²) in [5.74, 6) is 0.474. The van der Waals surface area contributed by atoms with E-state index in [0.717, 1.165) is 48.7 Å². The molecule has 0 atom stereocenters. The minimum absolute atomic E-state index is 0.0952. The first-order valence-corrected chi connectivity index (χ1v) is 9.29. The van der Waals surface area contributed by atoms with Crippen LogP contribution in [0, 0.1) is 0 Å². The third-order valence-electron chi connectivity index (χ3n) is 3.66. The lowest BCUT2D eigenvalue weighted by Crippen LogP contribution is -2.25. The number of rotatable bonds is 4. The molecule has 0 saturated carbocycles. The summed E-state index contributed by atoms with van der Waals surface area (Å²) in [5.41, 5.74) is 2.08. The first-order valence-electron chi connectivity index (χ1n) is 8.47. The molecule has 0 aliphatic carbocycles. The van der Waals surface area contributed by atoms with Crippen LogP contribution in [0.2, 0.25) is 0 Å². The average Bonchev–Trinajstić information content (AvgIpc) is 2.95. The molecule has 2 aromatic heterocycles. The Labute approximate surface area is 152 Å². The van der Waals surface area contributed by atoms with Gasteiger partial charge in [-0.1, -0.05) is 13.8 Å². The van der Waals surface area contributed by atoms with Crippen LogP contribution in [-0.2, 0) is 24.2 Å². The Bertz CT molecular complexity index is 704. The van der Waals surface area contributed by atoms with Crippen molar-refractivity contribution in [2.24, 2.45) is 0 Å². The Morgan fingerprint density at radius 2 is 1.96 bits per heavy atom. The second-order valence-electron chi connectivity index (χ2n) is 5.39. The minimum Gasteiger partial charge on any atom is -0.480 e. The third kappa shape index (κ3) is 5.47. The van der Waals surface area contributed by atoms with E-state index in [1.807, 2.05) is 20.0 Å². The monoisotopic (exact) mass is 363 g/mol. The third-order valence-corrected chi connectivity index (χ3v) is 4.56. The Morgan fingerprint density at radius 3 is 2.64 bits per heavy atom. The molecule has 0 unspecified atom stereocenters. The van der Waals surface area contributed by atoms with Crippen LogP contribution in [0.15, 0.2) is 12.4 Å². The molecule has 0 bridgehead atoms. The van der Waals surface area contributed by atoms with E-state index in [1.165, 1.54) is 18.3 Å². The number of fused-ring (bicyclic) bond motifs is 1. The van der Waals surface area contributed by atoms with Gasteiger partial charge in [-0.3, -0.25) is 14.7 Å². The van der Waals surface area contributed by atoms with Crippen LogP contribution in [0.5, 0.6) is 5.88 Å². The molecule has 3 rings (SSSR count). The molecule has 1 aliphatic rings. The smallest absolute Gasteiger partial charge is 0.232 e. The van der Waals surface area contributed by atoms with Crippen molar-refractivity contribution in [1.82, 2.24) is 19.9 Å². The Morgan fingerprint density at radius 1 is 1.24 bits per heavy atom. The first-order chi connectivity index (χ1) is 12.1. The number of anilines is 1. The zero-order chi connectivity index (χ0) is 18.2. The highest BCUT2D eigenvalue weighted by Gasteiger charge is 2.18. The summed E-state index contributed by atoms with van der Waals surface area (Å²) in [6.07, 6.45) is 5.24. The molecular weight excluding hydrogens is 338 g/mol. The van der Waals surface area contributed by atoms with Crippen LogP contribution in [0.25, 0.3) is 0 Å². The molecule has 3 heterocycles. The number of amides is 1. The highest BCUT2D eigenvalue weighted by atomic mass is 32.1. The van der Waals surface area contributed by atoms with Gasteiger partial charge in [-0.2, -0.15) is 0 Å². The fraction of sp³-hybridized carbons (Fsp3) is 0.529. The number of aromatic nitrogens is 3. The lowest BCUT2D eigenvalue weighted by Gasteiger charge is -2.17. The molecule has 2 aromatic rings. The minimum atomic E-state index is -0.0952. The normalized spacial score (nSPS) is 13.9. The van der Waals surface area contributed by atoms with Gasteiger partial charge in [-0.15, -0.1) is 11.3 Å². The maximum Gasteiger partial charge on any atom is 0.232 e. The summed E-state index contributed by atoms with van der Waals surface area (Å²) in [5, 5.41) is 3.37. The average molecular weight is 363 g/mol. The fourth-order valence-electron chi connectivity index (χ4n) is 2.55. The SMILES string of the molecule is CC.COc1cnc2c(n1)CCN(Cc1cnc(NC(C)=O)s1)CC2. The Balaban J connectivity index is 0.00000109. The van der Waals surface area contributed by atoms with E-state index in [9.17, 15) is 4.79 Å². The summed E-state index contributed by atoms with van der Waals surface area (Å²) in [7, 11) is 1.61. The van der Waals surface area contributed by atoms with Crippen LogP contribution >= 0.6 is 11.3 Å². The van der Waals surface area contributed by atoms with Gasteiger partial charge in [0.15, 0.2) is 5.13 Å². The first kappa shape index (κ1) is 19.3. The molecule has 7 nitrogen and oxygen atoms in total. The summed E-state index contributed by atoms with van der Waals surface area (Å²) in [6, 6.07) is 0. The van der Waals surface area contributed by atoms with Gasteiger partial charge in [-0.05, 0) is 0 Å². The van der Waals surface area contributed by atoms with Crippen molar-refractivity contribution < 1.29 is 9.53 Å². The van der Waals surface area contributed by atoms with Crippen molar-refractivity contribution in [3.63, 3.8) is 0 Å². The second-order valence-corrected chi connectivity index (χ2v) is 6.51. The van der Waals surface area contributed by atoms with Gasteiger partial charge in [0.2, 0.25) is 11.8 Å². The quantitative estimate of drug-likeness (QED) is 0.899. The second kappa shape index (κ2) is 9.43. The van der Waals surface area contributed by atoms with Crippen LogP contribution in [0.3, 0.4) is 0 Å². The van der Waals surface area contributed by atoms with Gasteiger partial charge >= 0.3 is 0 Å². The van der Waals surface area contributed by atoms with Crippen LogP contribution < -0.4 is 10.1 Å². The van der Waals surface area contributed by atoms with Crippen molar-refractivity contribution in [2.75, 3.05) is 25.5 Å². The number of hydrogen-bond donors (Lipinski definition) is 1. The lowest BCUT2D eigenvalue weighted by molar-refractivity contribution is -0.114. The van der Waals surface area contributed by atoms with Crippen molar-refractivity contribution in [1.29, 1.82) is 0 Å². The molecule has 136 valence electrons. The van der Waals surface area contributed by atoms with Crippen molar-refractivity contribution in [3.05, 3.63) is 28.7 Å². The number of carbonyl (C=O) groups excluding carboxylic acids is 1. The molecule has 0 radical (unpaired) electrons. The molecule has 0 saturated heterocycles. The lowest BCUT2D eigenvalue weighted by atomic mass is 10.2. The molecule has 0 spiro atoms. The number of ether oxygens (including phenoxy) is 1. The van der Waals surface area contributed by atoms with E-state index >= 15 is 0 Å². The summed E-state index contributed by atoms with van der Waals surface area (Å²) in [4.78, 5) is 27.7. The molecule has 0 fully saturated rings. The molecule has 0 aromatic carbocycles. The largest absolute Gasteiger partial charge is 0.480 e. The number of hydrogen-bond acceptors (Lipinski definition) is 7. The summed E-state index contributed by atoms with van der Waals surface area (Å²) in [6.45, 7) is 8.16. The van der Waals surface area contributed by atoms with Gasteiger partial charge in [-0.25, -0.2) is 9.97 Å². The molecule has 1 aliphatic heterocycles. The standard InChI is InChI=1S/C15H19N5O2S.C2H6/c1-10(21)18-15-17-7-11(23-15)9-20-5-3-12-13(4-6-20)19-14(22-2)8-16-12;1-2/h7-8H,3-6,9H2,1-2H3,(H,17,18,21);1-2H3. The van der Waals surface area contributed by atoms with Crippen molar-refractivity contribution in [3.8, 4) is 5.88 Å². The van der Waals surface area contributed by atoms with E-state index in [4.69, 9.17) is 4.74 Å². The summed E-state index contributed by atoms with van der Waals surface area (Å²) < 4.78 is 5.15. The number of nitrogens with one attached hydrogen (secondary N) is 1. The van der Waals surface area contributed by atoms with E-state index in [2.05, 4.69) is 25.2 Å². The maximum atomic E-state index is 11.1.